The number of aryl methyl sites for hydroxylation is 3. The quantitative estimate of drug-likeness (QED) is 0.648. The van der Waals surface area contributed by atoms with E-state index in [2.05, 4.69) is 16.5 Å². The highest BCUT2D eigenvalue weighted by Crippen LogP contribution is 2.24. The summed E-state index contributed by atoms with van der Waals surface area (Å²) in [6, 6.07) is 10.5. The summed E-state index contributed by atoms with van der Waals surface area (Å²) >= 11 is 0. The van der Waals surface area contributed by atoms with Crippen LogP contribution in [0.25, 0.3) is 5.69 Å². The molecular weight excluding hydrogens is 416 g/mol. The molecule has 164 valence electrons. The number of carbonyl (C=O) groups is 1. The van der Waals surface area contributed by atoms with Crippen molar-refractivity contribution >= 4 is 21.7 Å². The maximum absolute atomic E-state index is 12.8. The molecule has 0 unspecified atom stereocenters. The lowest BCUT2D eigenvalue weighted by atomic mass is 10.1. The summed E-state index contributed by atoms with van der Waals surface area (Å²) in [5, 5.41) is 7.06. The first-order valence-corrected chi connectivity index (χ1v) is 11.7. The highest BCUT2D eigenvalue weighted by atomic mass is 32.2. The van der Waals surface area contributed by atoms with E-state index in [1.165, 1.54) is 16.4 Å². The summed E-state index contributed by atoms with van der Waals surface area (Å²) in [6.45, 7) is 6.78. The molecule has 3 heterocycles. The van der Waals surface area contributed by atoms with Crippen LogP contribution in [0.15, 0.2) is 45.9 Å². The van der Waals surface area contributed by atoms with Crippen LogP contribution in [0.1, 0.15) is 46.6 Å². The van der Waals surface area contributed by atoms with Crippen LogP contribution in [0.2, 0.25) is 0 Å². The molecule has 4 rings (SSSR count). The Morgan fingerprint density at radius 2 is 1.68 bits per heavy atom. The van der Waals surface area contributed by atoms with Crippen molar-refractivity contribution in [2.45, 2.75) is 45.1 Å². The van der Waals surface area contributed by atoms with E-state index in [0.29, 0.717) is 18.9 Å². The van der Waals surface area contributed by atoms with E-state index in [4.69, 9.17) is 4.42 Å². The topological polar surface area (TPSA) is 97.4 Å². The van der Waals surface area contributed by atoms with Crippen LogP contribution in [0.3, 0.4) is 0 Å². The molecule has 0 spiro atoms. The third-order valence-electron chi connectivity index (χ3n) is 5.24. The van der Waals surface area contributed by atoms with E-state index in [0.717, 1.165) is 41.8 Å². The number of carbonyl (C=O) groups excluding carboxylic acids is 1. The molecule has 2 aromatic heterocycles. The van der Waals surface area contributed by atoms with Crippen molar-refractivity contribution in [3.63, 3.8) is 0 Å². The van der Waals surface area contributed by atoms with E-state index in [1.54, 1.807) is 10.7 Å². The fourth-order valence-electron chi connectivity index (χ4n) is 3.85. The number of rotatable bonds is 5. The van der Waals surface area contributed by atoms with Gasteiger partial charge in [-0.25, -0.2) is 13.1 Å². The molecule has 8 nitrogen and oxygen atoms in total. The maximum Gasteiger partial charge on any atom is 0.292 e. The molecule has 0 saturated carbocycles. The van der Waals surface area contributed by atoms with Crippen LogP contribution < -0.4 is 5.32 Å². The monoisotopic (exact) mass is 442 g/mol. The first-order valence-electron chi connectivity index (χ1n) is 10.3. The number of piperidine rings is 1. The number of aromatic nitrogens is 2. The third kappa shape index (κ3) is 4.42. The SMILES string of the molecule is Cc1cc(C)cc(-n2nc(C)cc2NC(=O)c2ccc(S(=O)(=O)N3CCCCC3)o2)c1. The Morgan fingerprint density at radius 3 is 2.35 bits per heavy atom. The highest BCUT2D eigenvalue weighted by Gasteiger charge is 2.29. The standard InChI is InChI=1S/C22H26N4O4S/c1-15-11-16(2)13-18(12-15)26-20(14-17(3)24-26)23-22(27)19-7-8-21(30-19)31(28,29)25-9-5-4-6-10-25/h7-8,11-14H,4-6,9-10H2,1-3H3,(H,23,27). The van der Waals surface area contributed by atoms with Gasteiger partial charge in [-0.05, 0) is 69.0 Å². The van der Waals surface area contributed by atoms with Gasteiger partial charge in [-0.1, -0.05) is 12.5 Å². The predicted molar refractivity (Wildman–Crippen MR) is 117 cm³/mol. The molecule has 9 heteroatoms. The zero-order valence-electron chi connectivity index (χ0n) is 17.9. The molecular formula is C22H26N4O4S. The van der Waals surface area contributed by atoms with Gasteiger partial charge in [-0.2, -0.15) is 9.40 Å². The van der Waals surface area contributed by atoms with Crippen molar-refractivity contribution in [3.8, 4) is 5.69 Å². The van der Waals surface area contributed by atoms with E-state index >= 15 is 0 Å². The van der Waals surface area contributed by atoms with E-state index in [1.807, 2.05) is 32.9 Å². The Kier molecular flexibility index (Phi) is 5.72. The van der Waals surface area contributed by atoms with Gasteiger partial charge in [0.05, 0.1) is 11.4 Å². The third-order valence-corrected chi connectivity index (χ3v) is 7.01. The zero-order valence-corrected chi connectivity index (χ0v) is 18.7. The van der Waals surface area contributed by atoms with Crippen LogP contribution >= 0.6 is 0 Å². The second-order valence-corrected chi connectivity index (χ2v) is 9.84. The van der Waals surface area contributed by atoms with Gasteiger partial charge in [0, 0.05) is 19.2 Å². The lowest BCUT2D eigenvalue weighted by Crippen LogP contribution is -2.35. The lowest BCUT2D eigenvalue weighted by Gasteiger charge is -2.24. The number of hydrogen-bond acceptors (Lipinski definition) is 5. The Morgan fingerprint density at radius 1 is 1.00 bits per heavy atom. The predicted octanol–water partition coefficient (Wildman–Crippen LogP) is 3.82. The molecule has 1 aliphatic rings. The van der Waals surface area contributed by atoms with Crippen LogP contribution in [0.5, 0.6) is 0 Å². The van der Waals surface area contributed by atoms with Gasteiger partial charge in [-0.15, -0.1) is 0 Å². The van der Waals surface area contributed by atoms with Crippen LogP contribution in [-0.4, -0.2) is 41.5 Å². The Labute approximate surface area is 181 Å². The number of nitrogens with one attached hydrogen (secondary N) is 1. The summed E-state index contributed by atoms with van der Waals surface area (Å²) in [5.41, 5.74) is 3.73. The summed E-state index contributed by atoms with van der Waals surface area (Å²) < 4.78 is 34.1. The fourth-order valence-corrected chi connectivity index (χ4v) is 5.28. The van der Waals surface area contributed by atoms with E-state index in [9.17, 15) is 13.2 Å². The Balaban J connectivity index is 1.57. The highest BCUT2D eigenvalue weighted by molar-refractivity contribution is 7.89. The van der Waals surface area contributed by atoms with Crippen LogP contribution in [0.4, 0.5) is 5.82 Å². The smallest absolute Gasteiger partial charge is 0.292 e. The fraction of sp³-hybridized carbons (Fsp3) is 0.364. The Bertz CT molecular complexity index is 1200. The summed E-state index contributed by atoms with van der Waals surface area (Å²) in [5.74, 6) is -0.128. The van der Waals surface area contributed by atoms with Crippen LogP contribution in [-0.2, 0) is 10.0 Å². The molecule has 0 radical (unpaired) electrons. The summed E-state index contributed by atoms with van der Waals surface area (Å²) in [6.07, 6.45) is 2.68. The number of sulfonamides is 1. The van der Waals surface area contributed by atoms with Crippen molar-refractivity contribution in [3.05, 3.63) is 59.0 Å². The maximum atomic E-state index is 12.8. The molecule has 31 heavy (non-hydrogen) atoms. The van der Waals surface area contributed by atoms with Crippen molar-refractivity contribution in [2.24, 2.45) is 0 Å². The largest absolute Gasteiger partial charge is 0.438 e. The minimum Gasteiger partial charge on any atom is -0.438 e. The second kappa shape index (κ2) is 8.32. The van der Waals surface area contributed by atoms with E-state index < -0.39 is 15.9 Å². The molecule has 1 aromatic carbocycles. The molecule has 1 fully saturated rings. The first kappa shape index (κ1) is 21.3. The number of amides is 1. The average molecular weight is 443 g/mol. The molecule has 1 amide bonds. The lowest BCUT2D eigenvalue weighted by molar-refractivity contribution is 0.0990. The van der Waals surface area contributed by atoms with Gasteiger partial charge >= 0.3 is 0 Å². The van der Waals surface area contributed by atoms with Gasteiger partial charge in [0.25, 0.3) is 15.9 Å². The number of nitrogens with zero attached hydrogens (tertiary/aromatic N) is 3. The molecule has 1 aliphatic heterocycles. The Hall–Kier alpha value is -2.91. The molecule has 0 atom stereocenters. The number of benzene rings is 1. The van der Waals surface area contributed by atoms with Crippen LogP contribution in [0, 0.1) is 20.8 Å². The average Bonchev–Trinajstić information content (AvgIpc) is 3.35. The summed E-state index contributed by atoms with van der Waals surface area (Å²) in [7, 11) is -3.74. The molecule has 0 aliphatic carbocycles. The molecule has 3 aromatic rings. The van der Waals surface area contributed by atoms with Crippen molar-refractivity contribution in [1.82, 2.24) is 14.1 Å². The molecule has 1 saturated heterocycles. The van der Waals surface area contributed by atoms with Gasteiger partial charge in [0.15, 0.2) is 5.76 Å². The number of anilines is 1. The summed E-state index contributed by atoms with van der Waals surface area (Å²) in [4.78, 5) is 12.8. The van der Waals surface area contributed by atoms with E-state index in [-0.39, 0.29) is 10.9 Å². The zero-order chi connectivity index (χ0) is 22.2. The van der Waals surface area contributed by atoms with Crippen molar-refractivity contribution < 1.29 is 17.6 Å². The van der Waals surface area contributed by atoms with Gasteiger partial charge in [0.2, 0.25) is 5.09 Å². The van der Waals surface area contributed by atoms with Gasteiger partial charge in [-0.3, -0.25) is 4.79 Å². The van der Waals surface area contributed by atoms with Gasteiger partial charge < -0.3 is 9.73 Å². The minimum atomic E-state index is -3.74. The number of furan rings is 1. The second-order valence-electron chi connectivity index (χ2n) is 7.97. The van der Waals surface area contributed by atoms with Crippen molar-refractivity contribution in [1.29, 1.82) is 0 Å². The van der Waals surface area contributed by atoms with Gasteiger partial charge in [0.1, 0.15) is 5.82 Å². The molecule has 0 bridgehead atoms. The minimum absolute atomic E-state index is 0.0681. The number of hydrogen-bond donors (Lipinski definition) is 1. The molecule has 1 N–H and O–H groups in total. The first-order chi connectivity index (χ1) is 14.7. The van der Waals surface area contributed by atoms with Crippen molar-refractivity contribution in [2.75, 3.05) is 18.4 Å². The normalized spacial score (nSPS) is 15.2.